The summed E-state index contributed by atoms with van der Waals surface area (Å²) in [5, 5.41) is 5.71. The molecule has 3 aromatic rings. The molecule has 0 saturated heterocycles. The van der Waals surface area contributed by atoms with Crippen molar-refractivity contribution >= 4 is 46.9 Å². The normalized spacial score (nSPS) is 18.5. The number of carbonyl (C=O) groups is 4. The lowest BCUT2D eigenvalue weighted by molar-refractivity contribution is -0.119. The highest BCUT2D eigenvalue weighted by atomic mass is 32.2. The Morgan fingerprint density at radius 1 is 0.935 bits per heavy atom. The second-order valence-electron chi connectivity index (χ2n) is 11.7. The Labute approximate surface area is 271 Å². The fraction of sp³-hybridized carbons (Fsp3) is 0.382. The van der Waals surface area contributed by atoms with Gasteiger partial charge < -0.3 is 29.6 Å². The van der Waals surface area contributed by atoms with Gasteiger partial charge in [0.05, 0.1) is 22.6 Å². The number of rotatable bonds is 11. The van der Waals surface area contributed by atoms with E-state index >= 15 is 0 Å². The monoisotopic (exact) mass is 647 g/mol. The molecular weight excluding hydrogens is 610 g/mol. The van der Waals surface area contributed by atoms with Crippen LogP contribution in [0.1, 0.15) is 60.7 Å². The van der Waals surface area contributed by atoms with Crippen molar-refractivity contribution in [2.45, 2.75) is 51.2 Å². The number of amides is 2. The van der Waals surface area contributed by atoms with Crippen LogP contribution in [0.25, 0.3) is 0 Å². The Morgan fingerprint density at radius 2 is 1.72 bits per heavy atom. The number of ether oxygens (including phenoxy) is 4. The highest BCUT2D eigenvalue weighted by Gasteiger charge is 2.34. The third-order valence-corrected chi connectivity index (χ3v) is 8.97. The SMILES string of the molecule is CC(C)[C@@H]1CC[C@@H](C)C[C@H]1OC(=O)c1ccccc1NC(=O)COC(=O)c1cccnc1SCC(=O)Nc1ccc2c(c1)OCO2. The number of pyridine rings is 1. The third kappa shape index (κ3) is 8.36. The second-order valence-corrected chi connectivity index (χ2v) is 12.7. The number of hydrogen-bond donors (Lipinski definition) is 2. The van der Waals surface area contributed by atoms with E-state index in [1.54, 1.807) is 48.5 Å². The van der Waals surface area contributed by atoms with Crippen molar-refractivity contribution in [3.63, 3.8) is 0 Å². The average Bonchev–Trinajstić information content (AvgIpc) is 3.51. The van der Waals surface area contributed by atoms with Crippen molar-refractivity contribution in [1.29, 1.82) is 0 Å². The molecule has 1 aromatic heterocycles. The number of hydrogen-bond acceptors (Lipinski definition) is 10. The van der Waals surface area contributed by atoms with Crippen LogP contribution in [0.4, 0.5) is 11.4 Å². The lowest BCUT2D eigenvalue weighted by Crippen LogP contribution is -2.36. The molecule has 1 aliphatic carbocycles. The van der Waals surface area contributed by atoms with E-state index in [0.29, 0.717) is 29.0 Å². The molecular formula is C34H37N3O8S. The molecule has 2 heterocycles. The molecule has 2 aliphatic rings. The number of aromatic nitrogens is 1. The molecule has 242 valence electrons. The average molecular weight is 648 g/mol. The summed E-state index contributed by atoms with van der Waals surface area (Å²) in [4.78, 5) is 55.7. The lowest BCUT2D eigenvalue weighted by atomic mass is 9.75. The Morgan fingerprint density at radius 3 is 2.54 bits per heavy atom. The first-order chi connectivity index (χ1) is 22.2. The molecule has 0 spiro atoms. The van der Waals surface area contributed by atoms with E-state index in [-0.39, 0.29) is 52.3 Å². The summed E-state index contributed by atoms with van der Waals surface area (Å²) in [5.74, 6) is 0.0249. The maximum absolute atomic E-state index is 13.2. The lowest BCUT2D eigenvalue weighted by Gasteiger charge is -2.36. The number of fused-ring (bicyclic) bond motifs is 1. The van der Waals surface area contributed by atoms with Crippen LogP contribution in [0.15, 0.2) is 65.8 Å². The molecule has 1 saturated carbocycles. The minimum absolute atomic E-state index is 0.0310. The fourth-order valence-electron chi connectivity index (χ4n) is 5.58. The van der Waals surface area contributed by atoms with Crippen molar-refractivity contribution in [2.75, 3.05) is 29.8 Å². The van der Waals surface area contributed by atoms with E-state index in [4.69, 9.17) is 18.9 Å². The van der Waals surface area contributed by atoms with Gasteiger partial charge in [0.25, 0.3) is 5.91 Å². The van der Waals surface area contributed by atoms with Crippen molar-refractivity contribution in [3.05, 3.63) is 71.9 Å². The van der Waals surface area contributed by atoms with E-state index in [1.807, 2.05) is 0 Å². The number of nitrogens with one attached hydrogen (secondary N) is 2. The zero-order valence-corrected chi connectivity index (χ0v) is 26.8. The predicted molar refractivity (Wildman–Crippen MR) is 172 cm³/mol. The number of esters is 2. The van der Waals surface area contributed by atoms with Crippen molar-refractivity contribution in [3.8, 4) is 11.5 Å². The summed E-state index contributed by atoms with van der Waals surface area (Å²) >= 11 is 1.05. The summed E-state index contributed by atoms with van der Waals surface area (Å²) in [6.45, 7) is 5.98. The van der Waals surface area contributed by atoms with Gasteiger partial charge in [-0.1, -0.05) is 51.1 Å². The molecule has 2 N–H and O–H groups in total. The molecule has 0 radical (unpaired) electrons. The minimum atomic E-state index is -0.777. The molecule has 12 heteroatoms. The summed E-state index contributed by atoms with van der Waals surface area (Å²) in [5.41, 5.74) is 1.15. The first kappa shape index (κ1) is 32.8. The van der Waals surface area contributed by atoms with Crippen LogP contribution in [0.2, 0.25) is 0 Å². The summed E-state index contributed by atoms with van der Waals surface area (Å²) < 4.78 is 21.9. The summed E-state index contributed by atoms with van der Waals surface area (Å²) in [7, 11) is 0. The Bertz CT molecular complexity index is 1600. The van der Waals surface area contributed by atoms with Crippen molar-refractivity contribution in [2.24, 2.45) is 17.8 Å². The highest BCUT2D eigenvalue weighted by Crippen LogP contribution is 2.36. The van der Waals surface area contributed by atoms with Gasteiger partial charge in [-0.25, -0.2) is 14.6 Å². The smallest absolute Gasteiger partial charge is 0.341 e. The molecule has 46 heavy (non-hydrogen) atoms. The maximum atomic E-state index is 13.2. The molecule has 2 amide bonds. The van der Waals surface area contributed by atoms with E-state index in [2.05, 4.69) is 36.4 Å². The molecule has 5 rings (SSSR count). The number of benzene rings is 2. The van der Waals surface area contributed by atoms with Crippen LogP contribution in [0.3, 0.4) is 0 Å². The van der Waals surface area contributed by atoms with Crippen LogP contribution in [-0.4, -0.2) is 54.0 Å². The molecule has 3 atom stereocenters. The van der Waals surface area contributed by atoms with Crippen LogP contribution in [0, 0.1) is 17.8 Å². The third-order valence-electron chi connectivity index (χ3n) is 7.96. The van der Waals surface area contributed by atoms with E-state index < -0.39 is 24.5 Å². The van der Waals surface area contributed by atoms with Crippen molar-refractivity contribution in [1.82, 2.24) is 4.98 Å². The van der Waals surface area contributed by atoms with E-state index in [1.165, 1.54) is 12.3 Å². The number of thioether (sulfide) groups is 1. The summed E-state index contributed by atoms with van der Waals surface area (Å²) in [6, 6.07) is 14.7. The van der Waals surface area contributed by atoms with Gasteiger partial charge in [0.2, 0.25) is 12.7 Å². The molecule has 11 nitrogen and oxygen atoms in total. The standard InChI is InChI=1S/C34H37N3O8S/c1-20(2)23-12-10-21(3)15-28(23)45-34(41)24-7-4-5-9-26(24)37-30(38)17-42-33(40)25-8-6-14-35-32(25)46-18-31(39)36-22-11-13-27-29(16-22)44-19-43-27/h4-9,11,13-14,16,20-21,23,28H,10,12,15,17-19H2,1-3H3,(H,36,39)(H,37,38)/t21-,23+,28-/m1/s1. The number of para-hydroxylation sites is 1. The maximum Gasteiger partial charge on any atom is 0.341 e. The largest absolute Gasteiger partial charge is 0.458 e. The van der Waals surface area contributed by atoms with E-state index in [0.717, 1.165) is 31.0 Å². The topological polar surface area (TPSA) is 142 Å². The molecule has 0 unspecified atom stereocenters. The molecule has 1 fully saturated rings. The van der Waals surface area contributed by atoms with Gasteiger partial charge in [-0.2, -0.15) is 0 Å². The Kier molecular flexibility index (Phi) is 10.8. The van der Waals surface area contributed by atoms with Gasteiger partial charge in [-0.05, 0) is 67.0 Å². The number of anilines is 2. The van der Waals surface area contributed by atoms with Crippen LogP contribution in [0.5, 0.6) is 11.5 Å². The molecule has 2 aromatic carbocycles. The zero-order valence-electron chi connectivity index (χ0n) is 25.9. The Balaban J connectivity index is 1.14. The number of nitrogens with zero attached hydrogens (tertiary/aromatic N) is 1. The number of carbonyl (C=O) groups excluding carboxylic acids is 4. The van der Waals surface area contributed by atoms with Crippen LogP contribution in [-0.2, 0) is 19.1 Å². The highest BCUT2D eigenvalue weighted by molar-refractivity contribution is 8.00. The molecule has 1 aliphatic heterocycles. The van der Waals surface area contributed by atoms with Crippen LogP contribution < -0.4 is 20.1 Å². The van der Waals surface area contributed by atoms with E-state index in [9.17, 15) is 19.2 Å². The van der Waals surface area contributed by atoms with Crippen molar-refractivity contribution < 1.29 is 38.1 Å². The van der Waals surface area contributed by atoms with Gasteiger partial charge in [-0.15, -0.1) is 0 Å². The first-order valence-corrected chi connectivity index (χ1v) is 16.2. The summed E-state index contributed by atoms with van der Waals surface area (Å²) in [6.07, 6.45) is 4.22. The van der Waals surface area contributed by atoms with Gasteiger partial charge >= 0.3 is 11.9 Å². The minimum Gasteiger partial charge on any atom is -0.458 e. The zero-order chi connectivity index (χ0) is 32.6. The predicted octanol–water partition coefficient (Wildman–Crippen LogP) is 5.95. The second kappa shape index (κ2) is 15.1. The van der Waals surface area contributed by atoms with Gasteiger partial charge in [0.1, 0.15) is 11.1 Å². The van der Waals surface area contributed by atoms with Gasteiger partial charge in [0.15, 0.2) is 18.1 Å². The van der Waals surface area contributed by atoms with Gasteiger partial charge in [0, 0.05) is 18.0 Å². The van der Waals surface area contributed by atoms with Gasteiger partial charge in [-0.3, -0.25) is 9.59 Å². The first-order valence-electron chi connectivity index (χ1n) is 15.2. The fourth-order valence-corrected chi connectivity index (χ4v) is 6.37. The van der Waals surface area contributed by atoms with Crippen LogP contribution >= 0.6 is 11.8 Å². The quantitative estimate of drug-likeness (QED) is 0.189. The Hall–Kier alpha value is -4.58. The molecule has 0 bridgehead atoms.